The average molecular weight is 336 g/mol. The van der Waals surface area contributed by atoms with Gasteiger partial charge in [0, 0.05) is 11.6 Å². The first-order chi connectivity index (χ1) is 10.3. The maximum Gasteiger partial charge on any atom is 0.422 e. The Morgan fingerprint density at radius 3 is 2.50 bits per heavy atom. The highest BCUT2D eigenvalue weighted by Gasteiger charge is 2.29. The highest BCUT2D eigenvalue weighted by molar-refractivity contribution is 6.30. The van der Waals surface area contributed by atoms with Crippen LogP contribution in [0.4, 0.5) is 23.4 Å². The summed E-state index contributed by atoms with van der Waals surface area (Å²) in [6.45, 7) is -1.33. The minimum Gasteiger partial charge on any atom is -0.454 e. The van der Waals surface area contributed by atoms with Crippen LogP contribution in [0.3, 0.4) is 0 Å². The molecule has 0 aliphatic rings. The third-order valence-corrected chi connectivity index (χ3v) is 2.71. The third kappa shape index (κ3) is 5.03. The Kier molecular flexibility index (Phi) is 5.02. The van der Waals surface area contributed by atoms with Gasteiger partial charge in [-0.1, -0.05) is 23.7 Å². The fourth-order valence-corrected chi connectivity index (χ4v) is 1.60. The van der Waals surface area contributed by atoms with Crippen molar-refractivity contribution >= 4 is 17.4 Å². The molecule has 9 heteroatoms. The van der Waals surface area contributed by atoms with E-state index in [2.05, 4.69) is 20.0 Å². The molecular weight excluding hydrogens is 326 g/mol. The highest BCUT2D eigenvalue weighted by atomic mass is 35.5. The number of ether oxygens (including phenoxy) is 1. The van der Waals surface area contributed by atoms with Gasteiger partial charge in [0.2, 0.25) is 0 Å². The second kappa shape index (κ2) is 6.78. The lowest BCUT2D eigenvalue weighted by Crippen LogP contribution is -2.20. The molecule has 1 heterocycles. The molecule has 1 N–H and O–H groups in total. The van der Waals surface area contributed by atoms with Gasteiger partial charge in [-0.2, -0.15) is 18.2 Å². The first-order valence-corrected chi connectivity index (χ1v) is 6.42. The lowest BCUT2D eigenvalue weighted by atomic mass is 10.2. The van der Waals surface area contributed by atoms with Crippen LogP contribution in [0.25, 0.3) is 0 Å². The van der Waals surface area contributed by atoms with E-state index in [-0.39, 0.29) is 12.4 Å². The molecule has 0 aliphatic heterocycles. The standard InChI is InChI=1S/C13H10ClF4N3O/c14-9-3-1-8(2-4-9)5-19-11-10(15)6-20-12(21-11)22-7-13(16,17)18/h1-4,6H,5,7H2,(H,19,20,21). The summed E-state index contributed by atoms with van der Waals surface area (Å²) in [5.74, 6) is -1.05. The topological polar surface area (TPSA) is 47.0 Å². The van der Waals surface area contributed by atoms with Crippen LogP contribution >= 0.6 is 11.6 Å². The van der Waals surface area contributed by atoms with E-state index in [1.807, 2.05) is 0 Å². The molecule has 0 atom stereocenters. The molecule has 0 fully saturated rings. The van der Waals surface area contributed by atoms with Crippen molar-refractivity contribution in [2.45, 2.75) is 12.7 Å². The van der Waals surface area contributed by atoms with Crippen molar-refractivity contribution in [2.75, 3.05) is 11.9 Å². The first kappa shape index (κ1) is 16.3. The van der Waals surface area contributed by atoms with Crippen molar-refractivity contribution in [1.29, 1.82) is 0 Å². The summed E-state index contributed by atoms with van der Waals surface area (Å²) in [6, 6.07) is 6.20. The number of alkyl halides is 3. The molecule has 1 aromatic heterocycles. The molecule has 0 aliphatic carbocycles. The lowest BCUT2D eigenvalue weighted by Gasteiger charge is -2.10. The van der Waals surface area contributed by atoms with Gasteiger partial charge in [-0.3, -0.25) is 0 Å². The predicted octanol–water partition coefficient (Wildman–Crippen LogP) is 3.82. The molecule has 2 rings (SSSR count). The van der Waals surface area contributed by atoms with E-state index in [0.29, 0.717) is 5.02 Å². The maximum absolute atomic E-state index is 13.5. The number of aromatic nitrogens is 2. The first-order valence-electron chi connectivity index (χ1n) is 6.04. The number of nitrogens with zero attached hydrogens (tertiary/aromatic N) is 2. The second-order valence-corrected chi connectivity index (χ2v) is 4.67. The van der Waals surface area contributed by atoms with E-state index in [1.54, 1.807) is 24.3 Å². The fraction of sp³-hybridized carbons (Fsp3) is 0.231. The summed E-state index contributed by atoms with van der Waals surface area (Å²) in [5, 5.41) is 3.21. The van der Waals surface area contributed by atoms with Crippen molar-refractivity contribution < 1.29 is 22.3 Å². The summed E-state index contributed by atoms with van der Waals surface area (Å²) >= 11 is 5.74. The number of rotatable bonds is 5. The SMILES string of the molecule is Fc1cnc(OCC(F)(F)F)nc1NCc1ccc(Cl)cc1. The van der Waals surface area contributed by atoms with Gasteiger partial charge in [0.15, 0.2) is 18.2 Å². The molecule has 4 nitrogen and oxygen atoms in total. The van der Waals surface area contributed by atoms with Crippen LogP contribution in [-0.2, 0) is 6.54 Å². The van der Waals surface area contributed by atoms with Gasteiger partial charge in [0.05, 0.1) is 6.20 Å². The van der Waals surface area contributed by atoms with E-state index < -0.39 is 24.6 Å². The van der Waals surface area contributed by atoms with Crippen LogP contribution in [0.15, 0.2) is 30.5 Å². The van der Waals surface area contributed by atoms with Crippen LogP contribution in [0.2, 0.25) is 5.02 Å². The zero-order chi connectivity index (χ0) is 16.2. The van der Waals surface area contributed by atoms with Gasteiger partial charge >= 0.3 is 12.2 Å². The van der Waals surface area contributed by atoms with Crippen molar-refractivity contribution in [2.24, 2.45) is 0 Å². The van der Waals surface area contributed by atoms with Crippen LogP contribution in [0.1, 0.15) is 5.56 Å². The second-order valence-electron chi connectivity index (χ2n) is 4.23. The summed E-state index contributed by atoms with van der Waals surface area (Å²) in [4.78, 5) is 6.91. The molecule has 0 saturated carbocycles. The number of nitrogens with one attached hydrogen (secondary N) is 1. The molecule has 0 unspecified atom stereocenters. The molecule has 0 radical (unpaired) electrons. The van der Waals surface area contributed by atoms with Crippen molar-refractivity contribution in [1.82, 2.24) is 9.97 Å². The van der Waals surface area contributed by atoms with Crippen LogP contribution in [-0.4, -0.2) is 22.8 Å². The Morgan fingerprint density at radius 1 is 1.18 bits per heavy atom. The molecule has 118 valence electrons. The Bertz CT molecular complexity index is 634. The van der Waals surface area contributed by atoms with E-state index in [1.165, 1.54) is 0 Å². The Morgan fingerprint density at radius 2 is 1.86 bits per heavy atom. The number of halogens is 5. The molecule has 0 bridgehead atoms. The van der Waals surface area contributed by atoms with Gasteiger partial charge in [-0.25, -0.2) is 9.37 Å². The summed E-state index contributed by atoms with van der Waals surface area (Å²) < 4.78 is 54.0. The summed E-state index contributed by atoms with van der Waals surface area (Å²) in [7, 11) is 0. The normalized spacial score (nSPS) is 11.3. The van der Waals surface area contributed by atoms with E-state index >= 15 is 0 Å². The van der Waals surface area contributed by atoms with Crippen LogP contribution < -0.4 is 10.1 Å². The van der Waals surface area contributed by atoms with Crippen molar-refractivity contribution in [3.63, 3.8) is 0 Å². The van der Waals surface area contributed by atoms with Crippen molar-refractivity contribution in [3.05, 3.63) is 46.9 Å². The lowest BCUT2D eigenvalue weighted by molar-refractivity contribution is -0.154. The smallest absolute Gasteiger partial charge is 0.422 e. The molecule has 22 heavy (non-hydrogen) atoms. The largest absolute Gasteiger partial charge is 0.454 e. The third-order valence-electron chi connectivity index (χ3n) is 2.46. The molecular formula is C13H10ClF4N3O. The quantitative estimate of drug-likeness (QED) is 0.844. The maximum atomic E-state index is 13.5. The van der Waals surface area contributed by atoms with E-state index in [4.69, 9.17) is 11.6 Å². The molecule has 0 amide bonds. The molecule has 1 aromatic carbocycles. The Balaban J connectivity index is 2.02. The van der Waals surface area contributed by atoms with E-state index in [9.17, 15) is 17.6 Å². The monoisotopic (exact) mass is 335 g/mol. The summed E-state index contributed by atoms with van der Waals surface area (Å²) in [5.41, 5.74) is 0.792. The fourth-order valence-electron chi connectivity index (χ4n) is 1.48. The number of anilines is 1. The van der Waals surface area contributed by atoms with Gasteiger partial charge in [0.1, 0.15) is 0 Å². The average Bonchev–Trinajstić information content (AvgIpc) is 2.46. The molecule has 2 aromatic rings. The van der Waals surface area contributed by atoms with Gasteiger partial charge < -0.3 is 10.1 Å². The Labute approximate surface area is 128 Å². The zero-order valence-electron chi connectivity index (χ0n) is 11.0. The highest BCUT2D eigenvalue weighted by Crippen LogP contribution is 2.19. The van der Waals surface area contributed by atoms with Gasteiger partial charge in [-0.15, -0.1) is 0 Å². The minimum atomic E-state index is -4.52. The summed E-state index contributed by atoms with van der Waals surface area (Å²) in [6.07, 6.45) is -3.78. The molecule has 0 spiro atoms. The van der Waals surface area contributed by atoms with Gasteiger partial charge in [0.25, 0.3) is 0 Å². The minimum absolute atomic E-state index is 0.212. The van der Waals surface area contributed by atoms with Crippen LogP contribution in [0, 0.1) is 5.82 Å². The van der Waals surface area contributed by atoms with Gasteiger partial charge in [-0.05, 0) is 17.7 Å². The predicted molar refractivity (Wildman–Crippen MR) is 72.3 cm³/mol. The van der Waals surface area contributed by atoms with Crippen molar-refractivity contribution in [3.8, 4) is 6.01 Å². The van der Waals surface area contributed by atoms with Crippen LogP contribution in [0.5, 0.6) is 6.01 Å². The molecule has 0 saturated heterocycles. The van der Waals surface area contributed by atoms with E-state index in [0.717, 1.165) is 11.8 Å². The number of hydrogen-bond donors (Lipinski definition) is 1. The number of hydrogen-bond acceptors (Lipinski definition) is 4. The number of benzene rings is 1. The Hall–Kier alpha value is -2.09. The zero-order valence-corrected chi connectivity index (χ0v) is 11.7.